The summed E-state index contributed by atoms with van der Waals surface area (Å²) in [6, 6.07) is 4.62. The van der Waals surface area contributed by atoms with Gasteiger partial charge in [0, 0.05) is 55.5 Å². The number of nitrogens with one attached hydrogen (secondary N) is 2. The van der Waals surface area contributed by atoms with Crippen LogP contribution in [-0.2, 0) is 6.42 Å². The average Bonchev–Trinajstić information content (AvgIpc) is 3.44. The molecule has 1 fully saturated rings. The third kappa shape index (κ3) is 4.88. The van der Waals surface area contributed by atoms with Crippen molar-refractivity contribution in [2.75, 3.05) is 43.4 Å². The molecule has 3 aromatic rings. The zero-order valence-electron chi connectivity index (χ0n) is 19.9. The van der Waals surface area contributed by atoms with E-state index in [2.05, 4.69) is 42.3 Å². The Bertz CT molecular complexity index is 1310. The van der Waals surface area contributed by atoms with Crippen LogP contribution in [0.4, 0.5) is 26.2 Å². The normalized spacial score (nSPS) is 16.0. The number of allylic oxidation sites excluding steroid dienone is 2. The van der Waals surface area contributed by atoms with Crippen molar-refractivity contribution in [3.05, 3.63) is 58.3 Å². The number of H-pyrrole nitrogens is 1. The summed E-state index contributed by atoms with van der Waals surface area (Å²) < 4.78 is 35.6. The van der Waals surface area contributed by atoms with Gasteiger partial charge in [0.1, 0.15) is 17.5 Å². The number of piperazine rings is 1. The number of hydrogen-bond acceptors (Lipinski definition) is 7. The first kappa shape index (κ1) is 23.0. The highest BCUT2D eigenvalue weighted by molar-refractivity contribution is 5.66. The van der Waals surface area contributed by atoms with E-state index in [4.69, 9.17) is 4.74 Å². The van der Waals surface area contributed by atoms with E-state index < -0.39 is 11.6 Å². The largest absolute Gasteiger partial charge is 0.421 e. The van der Waals surface area contributed by atoms with Crippen molar-refractivity contribution in [1.82, 2.24) is 25.1 Å². The predicted octanol–water partition coefficient (Wildman–Crippen LogP) is 4.76. The van der Waals surface area contributed by atoms with Gasteiger partial charge in [0.2, 0.25) is 0 Å². The maximum absolute atomic E-state index is 15.2. The minimum absolute atomic E-state index is 0.0786. The lowest BCUT2D eigenvalue weighted by molar-refractivity contribution is 0.311. The predicted molar refractivity (Wildman–Crippen MR) is 132 cm³/mol. The van der Waals surface area contributed by atoms with Crippen LogP contribution in [0, 0.1) is 11.6 Å². The number of aromatic amines is 1. The van der Waals surface area contributed by atoms with Gasteiger partial charge in [0.15, 0.2) is 17.4 Å². The van der Waals surface area contributed by atoms with Crippen molar-refractivity contribution < 1.29 is 13.5 Å². The van der Waals surface area contributed by atoms with Crippen molar-refractivity contribution in [3.8, 4) is 11.8 Å². The van der Waals surface area contributed by atoms with E-state index in [9.17, 15) is 4.39 Å². The molecule has 1 aliphatic heterocycles. The molecule has 5 rings (SSSR count). The summed E-state index contributed by atoms with van der Waals surface area (Å²) in [5, 5.41) is 10.3. The molecule has 35 heavy (non-hydrogen) atoms. The number of rotatable bonds is 6. The summed E-state index contributed by atoms with van der Waals surface area (Å²) in [5.41, 5.74) is 2.29. The molecular formula is C25H27F2N7O. The molecule has 1 saturated heterocycles. The third-order valence-corrected chi connectivity index (χ3v) is 6.09. The summed E-state index contributed by atoms with van der Waals surface area (Å²) in [5.74, 6) is 0.245. The number of halogens is 2. The quantitative estimate of drug-likeness (QED) is 0.528. The van der Waals surface area contributed by atoms with E-state index >= 15 is 4.39 Å². The maximum atomic E-state index is 15.2. The molecule has 0 unspecified atom stereocenters. The standard InChI is InChI=1S/C25H27F2N7O/c1-4-5-16-12-22(32-31-16)28-21-14-23(34-8-6-33(3)7-9-34)30-25(29-21)35-20-13-19(26)17-10-15(2)11-18(17)24(20)27/h4-5,11-14H,6-10H2,1-3H3,(H2,28,29,30,31,32)/b5-4+. The first-order valence-corrected chi connectivity index (χ1v) is 11.5. The number of aromatic nitrogens is 4. The molecule has 0 amide bonds. The van der Waals surface area contributed by atoms with E-state index in [0.717, 1.165) is 43.5 Å². The van der Waals surface area contributed by atoms with E-state index in [1.165, 1.54) is 0 Å². The lowest BCUT2D eigenvalue weighted by atomic mass is 10.1. The van der Waals surface area contributed by atoms with Gasteiger partial charge in [-0.25, -0.2) is 8.78 Å². The lowest BCUT2D eigenvalue weighted by Gasteiger charge is -2.33. The molecular weight excluding hydrogens is 452 g/mol. The first-order chi connectivity index (χ1) is 16.9. The smallest absolute Gasteiger partial charge is 0.326 e. The van der Waals surface area contributed by atoms with Crippen molar-refractivity contribution >= 4 is 29.6 Å². The molecule has 0 radical (unpaired) electrons. The van der Waals surface area contributed by atoms with Crippen molar-refractivity contribution in [2.24, 2.45) is 0 Å². The highest BCUT2D eigenvalue weighted by atomic mass is 19.1. The van der Waals surface area contributed by atoms with Gasteiger partial charge in [0.25, 0.3) is 0 Å². The highest BCUT2D eigenvalue weighted by Gasteiger charge is 2.24. The number of likely N-dealkylation sites (N-methyl/N-ethyl adjacent to an activating group) is 1. The van der Waals surface area contributed by atoms with Crippen LogP contribution in [0.15, 0.2) is 29.8 Å². The van der Waals surface area contributed by atoms with Gasteiger partial charge in [0.05, 0.1) is 5.69 Å². The van der Waals surface area contributed by atoms with Crippen LogP contribution in [0.25, 0.3) is 12.2 Å². The molecule has 0 spiro atoms. The number of nitrogens with zero attached hydrogens (tertiary/aromatic N) is 5. The molecule has 2 aliphatic rings. The second-order valence-corrected chi connectivity index (χ2v) is 8.85. The first-order valence-electron chi connectivity index (χ1n) is 11.5. The molecule has 0 atom stereocenters. The maximum Gasteiger partial charge on any atom is 0.326 e. The second-order valence-electron chi connectivity index (χ2n) is 8.85. The number of anilines is 3. The zero-order valence-corrected chi connectivity index (χ0v) is 19.9. The topological polar surface area (TPSA) is 82.2 Å². The van der Waals surface area contributed by atoms with Crippen molar-refractivity contribution in [2.45, 2.75) is 20.3 Å². The third-order valence-electron chi connectivity index (χ3n) is 6.09. The number of ether oxygens (including phenoxy) is 1. The minimum Gasteiger partial charge on any atom is -0.421 e. The van der Waals surface area contributed by atoms with Crippen LogP contribution in [0.1, 0.15) is 30.7 Å². The number of fused-ring (bicyclic) bond motifs is 1. The lowest BCUT2D eigenvalue weighted by Crippen LogP contribution is -2.44. The molecule has 2 aromatic heterocycles. The zero-order chi connectivity index (χ0) is 24.5. The van der Waals surface area contributed by atoms with E-state index in [0.29, 0.717) is 29.4 Å². The fraction of sp³-hybridized carbons (Fsp3) is 0.320. The Hall–Kier alpha value is -3.79. The van der Waals surface area contributed by atoms with Gasteiger partial charge in [-0.1, -0.05) is 17.7 Å². The highest BCUT2D eigenvalue weighted by Crippen LogP contribution is 2.36. The second kappa shape index (κ2) is 9.46. The van der Waals surface area contributed by atoms with Gasteiger partial charge < -0.3 is 19.9 Å². The minimum atomic E-state index is -0.621. The van der Waals surface area contributed by atoms with Crippen LogP contribution in [0.2, 0.25) is 0 Å². The Morgan fingerprint density at radius 1 is 1.09 bits per heavy atom. The molecule has 182 valence electrons. The molecule has 0 saturated carbocycles. The van der Waals surface area contributed by atoms with Crippen molar-refractivity contribution in [3.63, 3.8) is 0 Å². The van der Waals surface area contributed by atoms with E-state index in [-0.39, 0.29) is 17.3 Å². The summed E-state index contributed by atoms with van der Waals surface area (Å²) in [7, 11) is 2.07. The molecule has 1 aliphatic carbocycles. The Morgan fingerprint density at radius 2 is 1.89 bits per heavy atom. The SMILES string of the molecule is C/C=C/c1cc(Nc2cc(N3CCN(C)CC3)nc(Oc3cc(F)c4c(c3F)C=C(C)C4)n2)n[nH]1. The molecule has 1 aromatic carbocycles. The summed E-state index contributed by atoms with van der Waals surface area (Å²) >= 11 is 0. The van der Waals surface area contributed by atoms with E-state index in [1.54, 1.807) is 12.1 Å². The monoisotopic (exact) mass is 479 g/mol. The van der Waals surface area contributed by atoms with E-state index in [1.807, 2.05) is 32.1 Å². The van der Waals surface area contributed by atoms with Gasteiger partial charge in [-0.3, -0.25) is 5.10 Å². The van der Waals surface area contributed by atoms with Gasteiger partial charge in [-0.05, 0) is 33.4 Å². The van der Waals surface area contributed by atoms with Crippen LogP contribution in [-0.4, -0.2) is 58.3 Å². The molecule has 10 heteroatoms. The van der Waals surface area contributed by atoms with Crippen LogP contribution < -0.4 is 15.0 Å². The van der Waals surface area contributed by atoms with Gasteiger partial charge in [-0.15, -0.1) is 0 Å². The number of benzene rings is 1. The summed E-state index contributed by atoms with van der Waals surface area (Å²) in [6.07, 6.45) is 5.83. The fourth-order valence-electron chi connectivity index (χ4n) is 4.26. The molecule has 2 N–H and O–H groups in total. The van der Waals surface area contributed by atoms with Crippen LogP contribution in [0.3, 0.4) is 0 Å². The molecule has 8 nitrogen and oxygen atoms in total. The summed E-state index contributed by atoms with van der Waals surface area (Å²) in [4.78, 5) is 13.3. The van der Waals surface area contributed by atoms with Crippen LogP contribution >= 0.6 is 0 Å². The Morgan fingerprint density at radius 3 is 2.66 bits per heavy atom. The Balaban J connectivity index is 1.49. The molecule has 3 heterocycles. The Kier molecular flexibility index (Phi) is 6.21. The van der Waals surface area contributed by atoms with Gasteiger partial charge >= 0.3 is 6.01 Å². The fourth-order valence-corrected chi connectivity index (χ4v) is 4.26. The van der Waals surface area contributed by atoms with Crippen LogP contribution in [0.5, 0.6) is 11.8 Å². The number of hydrogen-bond donors (Lipinski definition) is 2. The summed E-state index contributed by atoms with van der Waals surface area (Å²) in [6.45, 7) is 7.06. The Labute approximate surface area is 202 Å². The average molecular weight is 480 g/mol. The van der Waals surface area contributed by atoms with Gasteiger partial charge in [-0.2, -0.15) is 15.1 Å². The van der Waals surface area contributed by atoms with Crippen molar-refractivity contribution in [1.29, 1.82) is 0 Å². The molecule has 0 bridgehead atoms.